The van der Waals surface area contributed by atoms with E-state index in [9.17, 15) is 0 Å². The van der Waals surface area contributed by atoms with Gasteiger partial charge in [-0.3, -0.25) is 0 Å². The topological polar surface area (TPSA) is 18.5 Å². The first-order valence-electron chi connectivity index (χ1n) is 4.47. The van der Waals surface area contributed by atoms with Crippen LogP contribution in [-0.2, 0) is 4.89 Å². The van der Waals surface area contributed by atoms with Crippen molar-refractivity contribution in [1.82, 2.24) is 0 Å². The van der Waals surface area contributed by atoms with Crippen LogP contribution in [0.4, 0.5) is 0 Å². The number of allylic oxidation sites excluding steroid dienone is 2. The fourth-order valence-electron chi connectivity index (χ4n) is 1.50. The highest BCUT2D eigenvalue weighted by molar-refractivity contribution is 5.50. The Bertz CT molecular complexity index is 375. The molecule has 0 saturated heterocycles. The molecule has 1 aromatic rings. The average molecular weight is 184 g/mol. The lowest BCUT2D eigenvalue weighted by atomic mass is 9.94. The number of rotatable bonds is 0. The van der Waals surface area contributed by atoms with E-state index in [2.05, 4.69) is 0 Å². The zero-order valence-electron chi connectivity index (χ0n) is 7.44. The Morgan fingerprint density at radius 2 is 1.43 bits per heavy atom. The Kier molecular flexibility index (Phi) is 1.67. The van der Waals surface area contributed by atoms with Crippen molar-refractivity contribution in [3.05, 3.63) is 66.2 Å². The van der Waals surface area contributed by atoms with Crippen molar-refractivity contribution >= 4 is 0 Å². The molecule has 0 unspecified atom stereocenters. The largest absolute Gasteiger partial charge is 0.336 e. The van der Waals surface area contributed by atoms with Crippen LogP contribution in [0.1, 0.15) is 5.56 Å². The van der Waals surface area contributed by atoms with Gasteiger partial charge in [-0.25, -0.2) is 0 Å². The first-order valence-corrected chi connectivity index (χ1v) is 4.47. The molecular weight excluding hydrogens is 176 g/mol. The van der Waals surface area contributed by atoms with Gasteiger partial charge in [-0.2, -0.15) is 4.89 Å². The van der Waals surface area contributed by atoms with E-state index in [1.165, 1.54) is 11.5 Å². The summed E-state index contributed by atoms with van der Waals surface area (Å²) in [5.74, 6) is 1.90. The van der Waals surface area contributed by atoms with Gasteiger partial charge in [0.25, 0.3) is 0 Å². The van der Waals surface area contributed by atoms with Crippen LogP contribution >= 0.6 is 0 Å². The Balaban J connectivity index is 2.10. The summed E-state index contributed by atoms with van der Waals surface area (Å²) in [6.07, 6.45) is 8.53. The number of hydrogen-bond donors (Lipinski definition) is 0. The van der Waals surface area contributed by atoms with Gasteiger partial charge in [0.2, 0.25) is 0 Å². The van der Waals surface area contributed by atoms with Crippen LogP contribution < -0.4 is 4.89 Å². The van der Waals surface area contributed by atoms with Crippen molar-refractivity contribution in [3.63, 3.8) is 0 Å². The molecule has 0 fully saturated rings. The predicted molar refractivity (Wildman–Crippen MR) is 52.0 cm³/mol. The third-order valence-electron chi connectivity index (χ3n) is 2.28. The first kappa shape index (κ1) is 7.83. The molecule has 4 aliphatic heterocycles. The Labute approximate surface area is 82.4 Å². The molecule has 0 aromatic heterocycles. The summed E-state index contributed by atoms with van der Waals surface area (Å²) in [5.41, 5.74) is 1.19. The summed E-state index contributed by atoms with van der Waals surface area (Å²) in [6, 6.07) is 7.81. The summed E-state index contributed by atoms with van der Waals surface area (Å²) in [7, 11) is 0. The van der Waals surface area contributed by atoms with Crippen molar-refractivity contribution in [3.8, 4) is 5.75 Å². The molecule has 6 rings (SSSR count). The molecule has 2 radical (unpaired) electrons. The molecule has 0 saturated carbocycles. The molecule has 0 amide bonds. The minimum absolute atomic E-state index is 0.719. The van der Waals surface area contributed by atoms with Gasteiger partial charge in [0, 0.05) is 5.92 Å². The van der Waals surface area contributed by atoms with E-state index >= 15 is 0 Å². The third kappa shape index (κ3) is 1.24. The van der Waals surface area contributed by atoms with E-state index in [0.29, 0.717) is 0 Å². The maximum atomic E-state index is 5.11. The van der Waals surface area contributed by atoms with Gasteiger partial charge in [0.05, 0.1) is 0 Å². The lowest BCUT2D eigenvalue weighted by Crippen LogP contribution is -2.08. The molecule has 14 heavy (non-hydrogen) atoms. The zero-order valence-corrected chi connectivity index (χ0v) is 7.44. The smallest absolute Gasteiger partial charge is 0.192 e. The first-order chi connectivity index (χ1) is 6.92. The molecule has 1 aromatic carbocycles. The van der Waals surface area contributed by atoms with Crippen LogP contribution in [0.5, 0.6) is 5.75 Å². The Morgan fingerprint density at radius 1 is 0.714 bits per heavy atom. The van der Waals surface area contributed by atoms with Gasteiger partial charge >= 0.3 is 0 Å². The molecule has 1 aliphatic carbocycles. The zero-order chi connectivity index (χ0) is 9.38. The highest BCUT2D eigenvalue weighted by Crippen LogP contribution is 2.29. The normalized spacial score (nSPS) is 20.0. The predicted octanol–water partition coefficient (Wildman–Crippen LogP) is 2.59. The van der Waals surface area contributed by atoms with Gasteiger partial charge in [0.1, 0.15) is 0 Å². The second-order valence-corrected chi connectivity index (χ2v) is 3.22. The minimum atomic E-state index is 0.719. The van der Waals surface area contributed by atoms with Crippen molar-refractivity contribution in [2.45, 2.75) is 0 Å². The van der Waals surface area contributed by atoms with Crippen LogP contribution in [0.15, 0.2) is 48.6 Å². The monoisotopic (exact) mass is 184 g/mol. The number of hydrogen-bond acceptors (Lipinski definition) is 2. The molecule has 68 valence electrons. The Morgan fingerprint density at radius 3 is 2.14 bits per heavy atom. The van der Waals surface area contributed by atoms with Crippen LogP contribution in [0.25, 0.3) is 0 Å². The summed E-state index contributed by atoms with van der Waals surface area (Å²) in [5, 5.41) is 0. The molecule has 0 atom stereocenters. The fraction of sp³-hybridized carbons (Fsp3) is 0. The van der Waals surface area contributed by atoms with Crippen molar-refractivity contribution < 1.29 is 9.78 Å². The molecule has 0 spiro atoms. The SMILES string of the molecule is C1=C[C]2C=C[C]1OOc1ccc2cc1. The fourth-order valence-corrected chi connectivity index (χ4v) is 1.50. The van der Waals surface area contributed by atoms with E-state index in [1.807, 2.05) is 48.6 Å². The van der Waals surface area contributed by atoms with E-state index < -0.39 is 0 Å². The van der Waals surface area contributed by atoms with E-state index in [0.717, 1.165) is 11.9 Å². The molecule has 2 nitrogen and oxygen atoms in total. The van der Waals surface area contributed by atoms with E-state index in [4.69, 9.17) is 9.78 Å². The van der Waals surface area contributed by atoms with Crippen LogP contribution in [0.2, 0.25) is 0 Å². The van der Waals surface area contributed by atoms with E-state index in [1.54, 1.807) is 0 Å². The van der Waals surface area contributed by atoms with Gasteiger partial charge in [0.15, 0.2) is 11.9 Å². The van der Waals surface area contributed by atoms with Crippen molar-refractivity contribution in [1.29, 1.82) is 0 Å². The molecule has 4 heterocycles. The van der Waals surface area contributed by atoms with Gasteiger partial charge in [-0.05, 0) is 29.8 Å². The van der Waals surface area contributed by atoms with Gasteiger partial charge < -0.3 is 4.89 Å². The molecule has 4 bridgehead atoms. The van der Waals surface area contributed by atoms with Crippen LogP contribution in [-0.4, -0.2) is 0 Å². The Hall–Kier alpha value is -1.54. The van der Waals surface area contributed by atoms with Crippen LogP contribution in [0.3, 0.4) is 0 Å². The standard InChI is InChI=1S/C12H8O2/c1-5-11-6-2-9(1)10-3-7-12(8-4-10)14-13-11/h1-8H. The molecule has 2 heteroatoms. The van der Waals surface area contributed by atoms with Crippen molar-refractivity contribution in [2.75, 3.05) is 0 Å². The van der Waals surface area contributed by atoms with Gasteiger partial charge in [-0.1, -0.05) is 24.3 Å². The lowest BCUT2D eigenvalue weighted by molar-refractivity contribution is -0.182. The molecule has 0 N–H and O–H groups in total. The quantitative estimate of drug-likeness (QED) is 0.577. The summed E-state index contributed by atoms with van der Waals surface area (Å²) < 4.78 is 0. The summed E-state index contributed by atoms with van der Waals surface area (Å²) in [4.78, 5) is 10.2. The lowest BCUT2D eigenvalue weighted by Gasteiger charge is -2.18. The third-order valence-corrected chi connectivity index (χ3v) is 2.28. The van der Waals surface area contributed by atoms with E-state index in [-0.39, 0.29) is 0 Å². The highest BCUT2D eigenvalue weighted by atomic mass is 17.2. The second kappa shape index (κ2) is 3.00. The molecular formula is C12H8O2. The molecule has 5 aliphatic rings. The maximum absolute atomic E-state index is 5.11. The average Bonchev–Trinajstić information content (AvgIpc) is 2.30. The maximum Gasteiger partial charge on any atom is 0.192 e. The van der Waals surface area contributed by atoms with Gasteiger partial charge in [-0.15, -0.1) is 0 Å². The second-order valence-electron chi connectivity index (χ2n) is 3.22. The number of benzene rings is 1. The minimum Gasteiger partial charge on any atom is -0.336 e. The van der Waals surface area contributed by atoms with Crippen LogP contribution in [0, 0.1) is 12.0 Å². The summed E-state index contributed by atoms with van der Waals surface area (Å²) in [6.45, 7) is 0. The highest BCUT2D eigenvalue weighted by Gasteiger charge is 2.16. The summed E-state index contributed by atoms with van der Waals surface area (Å²) >= 11 is 0. The van der Waals surface area contributed by atoms with Crippen molar-refractivity contribution in [2.24, 2.45) is 0 Å².